The first-order valence-electron chi connectivity index (χ1n) is 5.21. The molecule has 0 aromatic heterocycles. The smallest absolute Gasteiger partial charge is 0.123 e. The molecule has 0 aliphatic rings. The monoisotopic (exact) mass is 214 g/mol. The number of benzene rings is 2. The van der Waals surface area contributed by atoms with Crippen LogP contribution in [-0.4, -0.2) is 0 Å². The van der Waals surface area contributed by atoms with Gasteiger partial charge in [-0.15, -0.1) is 0 Å². The fraction of sp³-hybridized carbons (Fsp3) is 0.0714. The Morgan fingerprint density at radius 1 is 0.938 bits per heavy atom. The lowest BCUT2D eigenvalue weighted by Gasteiger charge is -2.04. The molecule has 0 heterocycles. The van der Waals surface area contributed by atoms with Gasteiger partial charge in [0.1, 0.15) is 5.82 Å². The van der Waals surface area contributed by atoms with E-state index in [1.54, 1.807) is 12.1 Å². The molecule has 2 heteroatoms. The van der Waals surface area contributed by atoms with Gasteiger partial charge in [0.15, 0.2) is 0 Å². The molecule has 2 aromatic carbocycles. The van der Waals surface area contributed by atoms with E-state index in [4.69, 9.17) is 0 Å². The zero-order chi connectivity index (χ0) is 11.2. The van der Waals surface area contributed by atoms with Crippen LogP contribution in [0, 0.1) is 12.4 Å². The van der Waals surface area contributed by atoms with Crippen LogP contribution in [-0.2, 0) is 6.54 Å². The molecule has 1 N–H and O–H groups in total. The van der Waals surface area contributed by atoms with Crippen LogP contribution < -0.4 is 5.32 Å². The van der Waals surface area contributed by atoms with Gasteiger partial charge in [-0.1, -0.05) is 42.5 Å². The normalized spacial score (nSPS) is 10.3. The van der Waals surface area contributed by atoms with Crippen molar-refractivity contribution in [3.05, 3.63) is 78.1 Å². The molecule has 0 spiro atoms. The molecular weight excluding hydrogens is 201 g/mol. The molecule has 1 radical (unpaired) electrons. The highest BCUT2D eigenvalue weighted by Gasteiger charge is 1.94. The minimum Gasteiger partial charge on any atom is -0.304 e. The maximum Gasteiger partial charge on any atom is 0.123 e. The van der Waals surface area contributed by atoms with Crippen molar-refractivity contribution in [3.63, 3.8) is 0 Å². The molecule has 2 aromatic rings. The van der Waals surface area contributed by atoms with E-state index in [1.807, 2.05) is 36.9 Å². The summed E-state index contributed by atoms with van der Waals surface area (Å²) in [6, 6.07) is 16.5. The van der Waals surface area contributed by atoms with Gasteiger partial charge in [-0.2, -0.15) is 0 Å². The van der Waals surface area contributed by atoms with Crippen LogP contribution in [0.2, 0.25) is 0 Å². The minimum absolute atomic E-state index is 0.198. The van der Waals surface area contributed by atoms with E-state index in [9.17, 15) is 4.39 Å². The highest BCUT2D eigenvalue weighted by atomic mass is 19.1. The third kappa shape index (κ3) is 3.17. The second kappa shape index (κ2) is 5.42. The van der Waals surface area contributed by atoms with Gasteiger partial charge in [-0.3, -0.25) is 0 Å². The molecule has 0 saturated carbocycles. The van der Waals surface area contributed by atoms with Crippen molar-refractivity contribution in [1.29, 1.82) is 0 Å². The third-order valence-electron chi connectivity index (χ3n) is 2.29. The van der Waals surface area contributed by atoms with Gasteiger partial charge in [0.2, 0.25) is 0 Å². The molecular formula is C14H13FN. The molecule has 0 amide bonds. The summed E-state index contributed by atoms with van der Waals surface area (Å²) in [4.78, 5) is 0. The molecule has 16 heavy (non-hydrogen) atoms. The number of hydrogen-bond donors (Lipinski definition) is 1. The summed E-state index contributed by atoms with van der Waals surface area (Å²) in [5.41, 5.74) is 2.19. The Morgan fingerprint density at radius 2 is 1.62 bits per heavy atom. The van der Waals surface area contributed by atoms with Crippen molar-refractivity contribution < 1.29 is 4.39 Å². The quantitative estimate of drug-likeness (QED) is 0.824. The SMILES string of the molecule is Fc1ccc(CN[CH]c2ccccc2)cc1. The number of halogens is 1. The maximum absolute atomic E-state index is 12.6. The first kappa shape index (κ1) is 10.8. The molecule has 0 aliphatic carbocycles. The van der Waals surface area contributed by atoms with Crippen molar-refractivity contribution in [2.45, 2.75) is 6.54 Å². The number of rotatable bonds is 4. The number of nitrogens with one attached hydrogen (secondary N) is 1. The molecule has 1 nitrogen and oxygen atoms in total. The van der Waals surface area contributed by atoms with Gasteiger partial charge in [-0.25, -0.2) is 4.39 Å². The van der Waals surface area contributed by atoms with Crippen LogP contribution in [0.25, 0.3) is 0 Å². The van der Waals surface area contributed by atoms with E-state index >= 15 is 0 Å². The van der Waals surface area contributed by atoms with E-state index in [-0.39, 0.29) is 5.82 Å². The van der Waals surface area contributed by atoms with Gasteiger partial charge in [0, 0.05) is 6.54 Å². The molecule has 0 bridgehead atoms. The zero-order valence-corrected chi connectivity index (χ0v) is 8.86. The summed E-state index contributed by atoms with van der Waals surface area (Å²) in [6.07, 6.45) is 0. The fourth-order valence-electron chi connectivity index (χ4n) is 1.44. The van der Waals surface area contributed by atoms with Crippen LogP contribution in [0.5, 0.6) is 0 Å². The maximum atomic E-state index is 12.6. The van der Waals surface area contributed by atoms with E-state index in [0.717, 1.165) is 11.1 Å². The van der Waals surface area contributed by atoms with Crippen LogP contribution in [0.15, 0.2) is 54.6 Å². The van der Waals surface area contributed by atoms with E-state index in [2.05, 4.69) is 5.32 Å². The summed E-state index contributed by atoms with van der Waals surface area (Å²) >= 11 is 0. The highest BCUT2D eigenvalue weighted by Crippen LogP contribution is 2.04. The van der Waals surface area contributed by atoms with E-state index < -0.39 is 0 Å². The largest absolute Gasteiger partial charge is 0.304 e. The highest BCUT2D eigenvalue weighted by molar-refractivity contribution is 5.22. The van der Waals surface area contributed by atoms with Crippen molar-refractivity contribution in [2.24, 2.45) is 0 Å². The molecule has 81 valence electrons. The van der Waals surface area contributed by atoms with Crippen molar-refractivity contribution in [2.75, 3.05) is 0 Å². The first-order chi connectivity index (χ1) is 7.84. The zero-order valence-electron chi connectivity index (χ0n) is 8.86. The van der Waals surface area contributed by atoms with Gasteiger partial charge in [0.25, 0.3) is 0 Å². The summed E-state index contributed by atoms with van der Waals surface area (Å²) in [5.74, 6) is -0.198. The predicted molar refractivity (Wildman–Crippen MR) is 63.1 cm³/mol. The second-order valence-electron chi connectivity index (χ2n) is 3.56. The molecule has 2 rings (SSSR count). The Labute approximate surface area is 94.9 Å². The molecule has 0 atom stereocenters. The van der Waals surface area contributed by atoms with Gasteiger partial charge >= 0.3 is 0 Å². The fourth-order valence-corrected chi connectivity index (χ4v) is 1.44. The molecule has 0 aliphatic heterocycles. The van der Waals surface area contributed by atoms with Crippen molar-refractivity contribution in [3.8, 4) is 0 Å². The van der Waals surface area contributed by atoms with Crippen molar-refractivity contribution >= 4 is 0 Å². The Kier molecular flexibility index (Phi) is 3.67. The van der Waals surface area contributed by atoms with Crippen LogP contribution in [0.1, 0.15) is 11.1 Å². The summed E-state index contributed by atoms with van der Waals surface area (Å²) < 4.78 is 12.6. The van der Waals surface area contributed by atoms with E-state index in [1.165, 1.54) is 12.1 Å². The summed E-state index contributed by atoms with van der Waals surface area (Å²) in [6.45, 7) is 2.65. The van der Waals surface area contributed by atoms with Gasteiger partial charge < -0.3 is 5.32 Å². The third-order valence-corrected chi connectivity index (χ3v) is 2.29. The van der Waals surface area contributed by atoms with Crippen LogP contribution >= 0.6 is 0 Å². The Balaban J connectivity index is 1.82. The Hall–Kier alpha value is -1.67. The lowest BCUT2D eigenvalue weighted by molar-refractivity contribution is 0.626. The average Bonchev–Trinajstić information content (AvgIpc) is 2.33. The lowest BCUT2D eigenvalue weighted by Crippen LogP contribution is -2.10. The number of hydrogen-bond acceptors (Lipinski definition) is 1. The van der Waals surface area contributed by atoms with Gasteiger partial charge in [-0.05, 0) is 23.3 Å². The first-order valence-corrected chi connectivity index (χ1v) is 5.21. The van der Waals surface area contributed by atoms with Gasteiger partial charge in [0.05, 0.1) is 6.54 Å². The summed E-state index contributed by atoms with van der Waals surface area (Å²) in [5, 5.41) is 3.19. The predicted octanol–water partition coefficient (Wildman–Crippen LogP) is 3.13. The standard InChI is InChI=1S/C14H13FN/c15-14-8-6-13(7-9-14)11-16-10-12-4-2-1-3-5-12/h1-10,16H,11H2. The van der Waals surface area contributed by atoms with Crippen molar-refractivity contribution in [1.82, 2.24) is 5.32 Å². The topological polar surface area (TPSA) is 12.0 Å². The van der Waals surface area contributed by atoms with Crippen LogP contribution in [0.4, 0.5) is 4.39 Å². The van der Waals surface area contributed by atoms with Crippen LogP contribution in [0.3, 0.4) is 0 Å². The second-order valence-corrected chi connectivity index (χ2v) is 3.56. The average molecular weight is 214 g/mol. The molecule has 0 saturated heterocycles. The Morgan fingerprint density at radius 3 is 2.31 bits per heavy atom. The lowest BCUT2D eigenvalue weighted by atomic mass is 10.2. The Bertz CT molecular complexity index is 422. The molecule has 0 unspecified atom stereocenters. The molecule has 0 fully saturated rings. The minimum atomic E-state index is -0.198. The van der Waals surface area contributed by atoms with E-state index in [0.29, 0.717) is 6.54 Å². The summed E-state index contributed by atoms with van der Waals surface area (Å²) in [7, 11) is 0.